The number of hydrogen-bond donors (Lipinski definition) is 0. The average Bonchev–Trinajstić information content (AvgIpc) is 3.51. The number of carbonyl (C=O) groups excluding carboxylic acids is 1. The Kier molecular flexibility index (Phi) is 5.56. The van der Waals surface area contributed by atoms with E-state index in [1.807, 2.05) is 20.9 Å². The maximum atomic E-state index is 13.2. The van der Waals surface area contributed by atoms with E-state index in [1.165, 1.54) is 11.3 Å². The molecule has 3 aromatic heterocycles. The lowest BCUT2D eigenvalue weighted by molar-refractivity contribution is 0.0611. The van der Waals surface area contributed by atoms with E-state index in [4.69, 9.17) is 21.7 Å². The second-order valence-corrected chi connectivity index (χ2v) is 9.96. The van der Waals surface area contributed by atoms with Gasteiger partial charge in [-0.3, -0.25) is 9.79 Å². The Morgan fingerprint density at radius 3 is 2.94 bits per heavy atom. The smallest absolute Gasteiger partial charge is 0.266 e. The molecule has 0 spiro atoms. The number of thiophene rings is 1. The topological polar surface area (TPSA) is 62.9 Å². The minimum absolute atomic E-state index is 0.000470. The highest BCUT2D eigenvalue weighted by Gasteiger charge is 2.33. The van der Waals surface area contributed by atoms with Crippen LogP contribution in [0.3, 0.4) is 0 Å². The van der Waals surface area contributed by atoms with E-state index in [1.54, 1.807) is 6.07 Å². The Balaban J connectivity index is 1.47. The van der Waals surface area contributed by atoms with Crippen molar-refractivity contribution in [1.29, 1.82) is 0 Å². The van der Waals surface area contributed by atoms with Gasteiger partial charge in [-0.25, -0.2) is 9.50 Å². The van der Waals surface area contributed by atoms with Crippen molar-refractivity contribution < 1.29 is 4.79 Å². The number of halogens is 1. The Morgan fingerprint density at radius 2 is 2.19 bits per heavy atom. The van der Waals surface area contributed by atoms with E-state index in [-0.39, 0.29) is 11.9 Å². The van der Waals surface area contributed by atoms with Crippen LogP contribution in [0.4, 0.5) is 0 Å². The van der Waals surface area contributed by atoms with Crippen molar-refractivity contribution in [3.05, 3.63) is 50.6 Å². The summed E-state index contributed by atoms with van der Waals surface area (Å²) in [7, 11) is 0. The molecule has 1 saturated heterocycles. The quantitative estimate of drug-likeness (QED) is 0.491. The molecule has 162 valence electrons. The molecule has 8 heteroatoms. The number of piperidine rings is 1. The van der Waals surface area contributed by atoms with Crippen molar-refractivity contribution in [3.8, 4) is 0 Å². The number of carbonyl (C=O) groups is 1. The first-order valence-electron chi connectivity index (χ1n) is 10.9. The number of nitrogens with zero attached hydrogens (tertiary/aromatic N) is 5. The molecule has 1 amide bonds. The van der Waals surface area contributed by atoms with Crippen LogP contribution in [0.15, 0.2) is 28.7 Å². The molecule has 0 bridgehead atoms. The monoisotopic (exact) mass is 455 g/mol. The molecule has 2 fully saturated rings. The predicted molar refractivity (Wildman–Crippen MR) is 125 cm³/mol. The molecule has 6 nitrogen and oxygen atoms in total. The summed E-state index contributed by atoms with van der Waals surface area (Å²) in [5.74, 6) is 0.424. The first-order valence-corrected chi connectivity index (χ1v) is 12.2. The minimum Gasteiger partial charge on any atom is -0.329 e. The highest BCUT2D eigenvalue weighted by Crippen LogP contribution is 2.37. The van der Waals surface area contributed by atoms with Gasteiger partial charge in [0.25, 0.3) is 5.91 Å². The van der Waals surface area contributed by atoms with Crippen LogP contribution in [0.2, 0.25) is 5.02 Å². The van der Waals surface area contributed by atoms with Gasteiger partial charge >= 0.3 is 0 Å². The fraction of sp³-hybridized carbons (Fsp3) is 0.478. The minimum atomic E-state index is -0.0503. The third-order valence-corrected chi connectivity index (χ3v) is 7.99. The van der Waals surface area contributed by atoms with E-state index in [0.29, 0.717) is 21.9 Å². The third-order valence-electron chi connectivity index (χ3n) is 6.66. The highest BCUT2D eigenvalue weighted by molar-refractivity contribution is 7.12. The zero-order valence-corrected chi connectivity index (χ0v) is 19.2. The summed E-state index contributed by atoms with van der Waals surface area (Å²) >= 11 is 7.65. The number of likely N-dealkylation sites (tertiary alicyclic amines) is 1. The molecule has 1 saturated carbocycles. The first kappa shape index (κ1) is 20.6. The van der Waals surface area contributed by atoms with Crippen LogP contribution in [0, 0.1) is 6.92 Å². The maximum absolute atomic E-state index is 13.2. The molecule has 5 rings (SSSR count). The number of fused-ring (bicyclic) bond motifs is 1. The zero-order valence-electron chi connectivity index (χ0n) is 17.6. The van der Waals surface area contributed by atoms with Crippen LogP contribution >= 0.6 is 22.9 Å². The lowest BCUT2D eigenvalue weighted by atomic mass is 9.99. The molecule has 31 heavy (non-hydrogen) atoms. The van der Waals surface area contributed by atoms with E-state index in [0.717, 1.165) is 67.7 Å². The van der Waals surface area contributed by atoms with Crippen molar-refractivity contribution >= 4 is 41.2 Å². The largest absolute Gasteiger partial charge is 0.329 e. The fourth-order valence-corrected chi connectivity index (χ4v) is 6.14. The SMILES string of the molecule is C=N[C@H]1CCC(c2nc3cc([C@@H]4CCCCN4C(=O)c4sccc4Cl)nn3cc2C)C1. The first-order chi connectivity index (χ1) is 15.0. The summed E-state index contributed by atoms with van der Waals surface area (Å²) in [6, 6.07) is 4.12. The normalized spacial score (nSPS) is 24.1. The van der Waals surface area contributed by atoms with E-state index >= 15 is 0 Å². The molecule has 0 aromatic carbocycles. The molecule has 3 aromatic rings. The average molecular weight is 456 g/mol. The number of aliphatic imine (C=N–C) groups is 1. The molecule has 0 N–H and O–H groups in total. The molecule has 3 atom stereocenters. The Hall–Kier alpha value is -2.25. The number of amides is 1. The van der Waals surface area contributed by atoms with Gasteiger partial charge in [-0.15, -0.1) is 11.3 Å². The summed E-state index contributed by atoms with van der Waals surface area (Å²) < 4.78 is 1.86. The van der Waals surface area contributed by atoms with Crippen molar-refractivity contribution in [2.45, 2.75) is 63.5 Å². The van der Waals surface area contributed by atoms with Gasteiger partial charge in [-0.05, 0) is 69.2 Å². The van der Waals surface area contributed by atoms with Gasteiger partial charge in [0.05, 0.1) is 22.5 Å². The van der Waals surface area contributed by atoms with Gasteiger partial charge < -0.3 is 4.90 Å². The van der Waals surface area contributed by atoms with Crippen LogP contribution in [-0.2, 0) is 0 Å². The van der Waals surface area contributed by atoms with E-state index in [9.17, 15) is 4.79 Å². The van der Waals surface area contributed by atoms with E-state index in [2.05, 4.69) is 24.8 Å². The van der Waals surface area contributed by atoms with Crippen molar-refractivity contribution in [1.82, 2.24) is 19.5 Å². The molecule has 1 unspecified atom stereocenters. The summed E-state index contributed by atoms with van der Waals surface area (Å²) in [6.45, 7) is 6.55. The zero-order chi connectivity index (χ0) is 21.5. The van der Waals surface area contributed by atoms with Gasteiger partial charge in [0, 0.05) is 30.8 Å². The predicted octanol–water partition coefficient (Wildman–Crippen LogP) is 5.46. The molecule has 4 heterocycles. The van der Waals surface area contributed by atoms with Crippen LogP contribution in [-0.4, -0.2) is 44.7 Å². The second-order valence-electron chi connectivity index (χ2n) is 8.64. The molecule has 2 aliphatic rings. The standard InChI is InChI=1S/C23H26ClN5OS/c1-14-13-29-20(26-21(14)15-6-7-16(11-15)25-2)12-18(27-29)19-5-3-4-9-28(19)23(30)22-17(24)8-10-31-22/h8,10,12-13,15-16,19H,2-7,9,11H2,1H3/t15?,16-,19-/m0/s1. The summed E-state index contributed by atoms with van der Waals surface area (Å²) in [6.07, 6.45) is 8.24. The van der Waals surface area contributed by atoms with Gasteiger partial charge in [-0.2, -0.15) is 5.10 Å². The molecule has 0 radical (unpaired) electrons. The Labute approximate surface area is 191 Å². The fourth-order valence-electron chi connectivity index (χ4n) is 5.05. The van der Waals surface area contributed by atoms with Crippen LogP contribution < -0.4 is 0 Å². The van der Waals surface area contributed by atoms with Gasteiger partial charge in [0.2, 0.25) is 0 Å². The number of hydrogen-bond acceptors (Lipinski definition) is 5. The number of rotatable bonds is 4. The molecular formula is C23H26ClN5OS. The van der Waals surface area contributed by atoms with E-state index < -0.39 is 0 Å². The molecule has 1 aliphatic carbocycles. The maximum Gasteiger partial charge on any atom is 0.266 e. The highest BCUT2D eigenvalue weighted by atomic mass is 35.5. The Bertz CT molecular complexity index is 1140. The molecule has 1 aliphatic heterocycles. The lowest BCUT2D eigenvalue weighted by Crippen LogP contribution is -2.38. The van der Waals surface area contributed by atoms with Crippen molar-refractivity contribution in [3.63, 3.8) is 0 Å². The van der Waals surface area contributed by atoms with Gasteiger partial charge in [0.1, 0.15) is 4.88 Å². The summed E-state index contributed by atoms with van der Waals surface area (Å²) in [5, 5.41) is 7.23. The number of aryl methyl sites for hydroxylation is 1. The molecular weight excluding hydrogens is 430 g/mol. The lowest BCUT2D eigenvalue weighted by Gasteiger charge is -2.34. The van der Waals surface area contributed by atoms with Crippen LogP contribution in [0.5, 0.6) is 0 Å². The van der Waals surface area contributed by atoms with Crippen molar-refractivity contribution in [2.24, 2.45) is 4.99 Å². The number of aromatic nitrogens is 3. The van der Waals surface area contributed by atoms with Crippen molar-refractivity contribution in [2.75, 3.05) is 6.54 Å². The summed E-state index contributed by atoms with van der Waals surface area (Å²) in [4.78, 5) is 25.0. The third kappa shape index (κ3) is 3.78. The van der Waals surface area contributed by atoms with Crippen LogP contribution in [0.1, 0.15) is 77.1 Å². The summed E-state index contributed by atoms with van der Waals surface area (Å²) in [5.41, 5.74) is 4.05. The van der Waals surface area contributed by atoms with Crippen LogP contribution in [0.25, 0.3) is 5.65 Å². The van der Waals surface area contributed by atoms with Gasteiger partial charge in [-0.1, -0.05) is 11.6 Å². The second kappa shape index (κ2) is 8.36. The van der Waals surface area contributed by atoms with Gasteiger partial charge in [0.15, 0.2) is 5.65 Å². The Morgan fingerprint density at radius 1 is 1.32 bits per heavy atom.